The van der Waals surface area contributed by atoms with Crippen LogP contribution in [0.25, 0.3) is 0 Å². The summed E-state index contributed by atoms with van der Waals surface area (Å²) in [5, 5.41) is 12.5. The maximum absolute atomic E-state index is 12.3. The van der Waals surface area contributed by atoms with E-state index in [1.807, 2.05) is 0 Å². The molecule has 144 valence electrons. The van der Waals surface area contributed by atoms with Crippen LogP contribution >= 0.6 is 0 Å². The summed E-state index contributed by atoms with van der Waals surface area (Å²) >= 11 is 0. The number of nitrogens with zero attached hydrogens (tertiary/aromatic N) is 3. The fourth-order valence-corrected chi connectivity index (χ4v) is 3.82. The summed E-state index contributed by atoms with van der Waals surface area (Å²) in [7, 11) is -4.82. The standard InChI is InChI=1S/C13H19N5O7S/c14-4-8-3-9(15-5-8)7-24-16-12(19)11-2-1-10-6-17(11)13(20)18(10)25-26(21,22)23/h8-11,15H,1-3,5-7H2,(H,16,19)(H,21,22,23)/t8-,9+,10+,11+/m1/s1. The molecule has 3 aliphatic rings. The molecule has 26 heavy (non-hydrogen) atoms. The third kappa shape index (κ3) is 4.05. The number of urea groups is 1. The zero-order valence-corrected chi connectivity index (χ0v) is 14.5. The zero-order chi connectivity index (χ0) is 18.9. The summed E-state index contributed by atoms with van der Waals surface area (Å²) in [5.74, 6) is -0.606. The van der Waals surface area contributed by atoms with Gasteiger partial charge in [-0.15, -0.1) is 4.28 Å². The van der Waals surface area contributed by atoms with Crippen molar-refractivity contribution in [3.63, 3.8) is 0 Å². The highest BCUT2D eigenvalue weighted by molar-refractivity contribution is 7.80. The molecule has 0 saturated carbocycles. The Balaban J connectivity index is 1.50. The van der Waals surface area contributed by atoms with Gasteiger partial charge in [-0.2, -0.15) is 18.7 Å². The largest absolute Gasteiger partial charge is 0.418 e. The first-order valence-electron chi connectivity index (χ1n) is 8.10. The highest BCUT2D eigenvalue weighted by atomic mass is 32.3. The number of rotatable bonds is 6. The van der Waals surface area contributed by atoms with Crippen LogP contribution in [0.2, 0.25) is 0 Å². The Bertz CT molecular complexity index is 723. The maximum Gasteiger partial charge on any atom is 0.418 e. The lowest BCUT2D eigenvalue weighted by atomic mass is 10.0. The van der Waals surface area contributed by atoms with E-state index in [0.29, 0.717) is 30.9 Å². The van der Waals surface area contributed by atoms with Crippen molar-refractivity contribution >= 4 is 22.3 Å². The van der Waals surface area contributed by atoms with E-state index < -0.39 is 34.4 Å². The molecule has 0 aliphatic carbocycles. The van der Waals surface area contributed by atoms with Crippen LogP contribution in [0.5, 0.6) is 0 Å². The van der Waals surface area contributed by atoms with Crippen LogP contribution in [0.15, 0.2) is 0 Å². The minimum Gasteiger partial charge on any atom is -0.310 e. The molecule has 3 rings (SSSR count). The number of nitrogens with one attached hydrogen (secondary N) is 2. The van der Waals surface area contributed by atoms with Gasteiger partial charge in [0.1, 0.15) is 6.04 Å². The monoisotopic (exact) mass is 389 g/mol. The van der Waals surface area contributed by atoms with Crippen LogP contribution in [-0.2, 0) is 24.3 Å². The fraction of sp³-hybridized carbons (Fsp3) is 0.769. The molecule has 0 aromatic heterocycles. The molecule has 4 atom stereocenters. The smallest absolute Gasteiger partial charge is 0.310 e. The van der Waals surface area contributed by atoms with Crippen molar-refractivity contribution in [2.45, 2.75) is 37.4 Å². The van der Waals surface area contributed by atoms with Gasteiger partial charge in [0, 0.05) is 19.1 Å². The Kier molecular flexibility index (Phi) is 5.30. The van der Waals surface area contributed by atoms with Gasteiger partial charge in [0.25, 0.3) is 5.91 Å². The van der Waals surface area contributed by atoms with Gasteiger partial charge in [0.15, 0.2) is 0 Å². The molecule has 3 saturated heterocycles. The van der Waals surface area contributed by atoms with Crippen molar-refractivity contribution in [3.8, 4) is 6.07 Å². The van der Waals surface area contributed by atoms with E-state index >= 15 is 0 Å². The lowest BCUT2D eigenvalue weighted by Crippen LogP contribution is -2.50. The lowest BCUT2D eigenvalue weighted by molar-refractivity contribution is -0.139. The highest BCUT2D eigenvalue weighted by Crippen LogP contribution is 2.30. The van der Waals surface area contributed by atoms with Crippen molar-refractivity contribution in [2.75, 3.05) is 19.7 Å². The SMILES string of the molecule is N#C[C@@H]1CN[C@H](CONC(=O)[C@@H]2CC[C@H]3CN2C(=O)N3OS(=O)(=O)O)C1. The molecule has 0 aromatic rings. The normalized spacial score (nSPS) is 31.2. The number of nitriles is 1. The molecule has 3 fully saturated rings. The predicted molar refractivity (Wildman–Crippen MR) is 83.0 cm³/mol. The van der Waals surface area contributed by atoms with Crippen LogP contribution in [-0.4, -0.2) is 72.7 Å². The third-order valence-electron chi connectivity index (χ3n) is 4.66. The second kappa shape index (κ2) is 7.33. The Morgan fingerprint density at radius 3 is 2.88 bits per heavy atom. The molecule has 2 bridgehead atoms. The molecule has 3 N–H and O–H groups in total. The van der Waals surface area contributed by atoms with Crippen LogP contribution in [0.4, 0.5) is 4.79 Å². The molecule has 0 spiro atoms. The maximum atomic E-state index is 12.3. The molecular formula is C13H19N5O7S. The van der Waals surface area contributed by atoms with Gasteiger partial charge < -0.3 is 10.2 Å². The first kappa shape index (κ1) is 18.8. The van der Waals surface area contributed by atoms with Gasteiger partial charge in [0.05, 0.1) is 24.6 Å². The Labute approximate surface area is 149 Å². The number of carbonyl (C=O) groups is 2. The van der Waals surface area contributed by atoms with Gasteiger partial charge in [-0.05, 0) is 19.3 Å². The molecule has 0 aromatic carbocycles. The lowest BCUT2D eigenvalue weighted by Gasteiger charge is -2.29. The molecular weight excluding hydrogens is 370 g/mol. The molecule has 3 heterocycles. The quantitative estimate of drug-likeness (QED) is 0.364. The Hall–Kier alpha value is -1.98. The number of hydroxylamine groups is 3. The second-order valence-electron chi connectivity index (χ2n) is 6.45. The summed E-state index contributed by atoms with van der Waals surface area (Å²) in [6.07, 6.45) is 1.27. The molecule has 12 nitrogen and oxygen atoms in total. The topological polar surface area (TPSA) is 161 Å². The minimum absolute atomic E-state index is 0.0391. The fourth-order valence-electron chi connectivity index (χ4n) is 3.43. The van der Waals surface area contributed by atoms with Crippen molar-refractivity contribution in [2.24, 2.45) is 5.92 Å². The van der Waals surface area contributed by atoms with Crippen LogP contribution in [0.3, 0.4) is 0 Å². The molecule has 3 aliphatic heterocycles. The average Bonchev–Trinajstić information content (AvgIpc) is 3.13. The van der Waals surface area contributed by atoms with Crippen LogP contribution in [0, 0.1) is 17.2 Å². The molecule has 3 amide bonds. The van der Waals surface area contributed by atoms with Gasteiger partial charge >= 0.3 is 16.4 Å². The summed E-state index contributed by atoms with van der Waals surface area (Å²) in [6.45, 7) is 0.875. The second-order valence-corrected chi connectivity index (χ2v) is 7.46. The number of fused-ring (bicyclic) bond motifs is 2. The van der Waals surface area contributed by atoms with E-state index in [0.717, 1.165) is 0 Å². The van der Waals surface area contributed by atoms with Gasteiger partial charge in [-0.1, -0.05) is 0 Å². The van der Waals surface area contributed by atoms with E-state index in [-0.39, 0.29) is 25.1 Å². The Morgan fingerprint density at radius 2 is 2.23 bits per heavy atom. The van der Waals surface area contributed by atoms with E-state index in [4.69, 9.17) is 14.7 Å². The summed E-state index contributed by atoms with van der Waals surface area (Å²) in [5.41, 5.74) is 2.30. The summed E-state index contributed by atoms with van der Waals surface area (Å²) in [6, 6.07) is -0.0615. The van der Waals surface area contributed by atoms with Gasteiger partial charge in [0.2, 0.25) is 0 Å². The first-order valence-corrected chi connectivity index (χ1v) is 9.46. The summed E-state index contributed by atoms with van der Waals surface area (Å²) < 4.78 is 34.7. The third-order valence-corrected chi connectivity index (χ3v) is 5.01. The Morgan fingerprint density at radius 1 is 1.46 bits per heavy atom. The van der Waals surface area contributed by atoms with Crippen LogP contribution < -0.4 is 10.8 Å². The number of amides is 3. The van der Waals surface area contributed by atoms with E-state index in [1.54, 1.807) is 0 Å². The number of hydrogen-bond acceptors (Lipinski definition) is 8. The zero-order valence-electron chi connectivity index (χ0n) is 13.7. The molecule has 13 heteroatoms. The highest BCUT2D eigenvalue weighted by Gasteiger charge is 2.49. The van der Waals surface area contributed by atoms with Crippen molar-refractivity contribution in [1.29, 1.82) is 5.26 Å². The molecule has 0 radical (unpaired) electrons. The number of piperidine rings is 1. The average molecular weight is 389 g/mol. The molecule has 0 unspecified atom stereocenters. The first-order chi connectivity index (χ1) is 12.3. The van der Waals surface area contributed by atoms with E-state index in [1.165, 1.54) is 4.90 Å². The van der Waals surface area contributed by atoms with Crippen molar-refractivity contribution in [3.05, 3.63) is 0 Å². The van der Waals surface area contributed by atoms with Crippen molar-refractivity contribution in [1.82, 2.24) is 20.8 Å². The summed E-state index contributed by atoms with van der Waals surface area (Å²) in [4.78, 5) is 30.9. The number of carbonyl (C=O) groups excluding carboxylic acids is 2. The predicted octanol–water partition coefficient (Wildman–Crippen LogP) is -1.46. The minimum atomic E-state index is -4.82. The van der Waals surface area contributed by atoms with Crippen molar-refractivity contribution < 1.29 is 31.7 Å². The van der Waals surface area contributed by atoms with E-state index in [2.05, 4.69) is 21.1 Å². The van der Waals surface area contributed by atoms with Gasteiger partial charge in [-0.25, -0.2) is 10.3 Å². The van der Waals surface area contributed by atoms with Crippen LogP contribution in [0.1, 0.15) is 19.3 Å². The van der Waals surface area contributed by atoms with E-state index in [9.17, 15) is 18.0 Å². The van der Waals surface area contributed by atoms with Gasteiger partial charge in [-0.3, -0.25) is 14.2 Å². The number of hydrogen-bond donors (Lipinski definition) is 3.